The maximum atomic E-state index is 6.11. The van der Waals surface area contributed by atoms with Gasteiger partial charge in [0.25, 0.3) is 0 Å². The summed E-state index contributed by atoms with van der Waals surface area (Å²) in [5.74, 6) is 0.423. The third-order valence-electron chi connectivity index (χ3n) is 3.09. The highest BCUT2D eigenvalue weighted by Crippen LogP contribution is 2.18. The van der Waals surface area contributed by atoms with Crippen LogP contribution in [-0.2, 0) is 4.74 Å². The van der Waals surface area contributed by atoms with Gasteiger partial charge >= 0.3 is 0 Å². The first-order valence-electron chi connectivity index (χ1n) is 5.34. The maximum absolute atomic E-state index is 6.11. The summed E-state index contributed by atoms with van der Waals surface area (Å²) in [6.45, 7) is 11.4. The topological polar surface area (TPSA) is 35.2 Å². The van der Waals surface area contributed by atoms with E-state index >= 15 is 0 Å². The first kappa shape index (κ1) is 12.9. The van der Waals surface area contributed by atoms with Crippen LogP contribution in [0.2, 0.25) is 0 Å². The molecule has 0 bridgehead atoms. The summed E-state index contributed by atoms with van der Waals surface area (Å²) in [5, 5.41) is 0. The number of ether oxygens (including phenoxy) is 1. The minimum Gasteiger partial charge on any atom is -0.378 e. The molecule has 0 fully saturated rings. The van der Waals surface area contributed by atoms with E-state index in [0.29, 0.717) is 12.0 Å². The van der Waals surface area contributed by atoms with Crippen LogP contribution in [0.15, 0.2) is 0 Å². The lowest BCUT2D eigenvalue weighted by Gasteiger charge is -2.31. The minimum atomic E-state index is -0.0898. The zero-order valence-corrected chi connectivity index (χ0v) is 9.76. The normalized spacial score (nSPS) is 20.8. The Morgan fingerprint density at radius 3 is 2.23 bits per heavy atom. The Bertz CT molecular complexity index is 134. The second-order valence-corrected chi connectivity index (χ2v) is 4.31. The van der Waals surface area contributed by atoms with Crippen LogP contribution in [0, 0.1) is 5.92 Å². The van der Waals surface area contributed by atoms with E-state index in [-0.39, 0.29) is 5.54 Å². The van der Waals surface area contributed by atoms with Crippen molar-refractivity contribution in [3.05, 3.63) is 0 Å². The van der Waals surface area contributed by atoms with Crippen molar-refractivity contribution in [2.24, 2.45) is 11.7 Å². The fourth-order valence-corrected chi connectivity index (χ4v) is 0.965. The standard InChI is InChI=1S/C11H25NO/c1-6-10(4)13-8-9(3)11(5,12)7-2/h9-10H,6-8,12H2,1-5H3. The number of rotatable bonds is 6. The molecule has 13 heavy (non-hydrogen) atoms. The van der Waals surface area contributed by atoms with Crippen molar-refractivity contribution in [1.29, 1.82) is 0 Å². The SMILES string of the molecule is CCC(C)OCC(C)C(C)(N)CC. The second-order valence-electron chi connectivity index (χ2n) is 4.31. The van der Waals surface area contributed by atoms with E-state index in [1.54, 1.807) is 0 Å². The predicted molar refractivity (Wildman–Crippen MR) is 57.8 cm³/mol. The average molecular weight is 187 g/mol. The van der Waals surface area contributed by atoms with E-state index in [2.05, 4.69) is 34.6 Å². The lowest BCUT2D eigenvalue weighted by molar-refractivity contribution is 0.0242. The smallest absolute Gasteiger partial charge is 0.0544 e. The van der Waals surface area contributed by atoms with Crippen LogP contribution >= 0.6 is 0 Å². The van der Waals surface area contributed by atoms with Gasteiger partial charge in [-0.25, -0.2) is 0 Å². The van der Waals surface area contributed by atoms with Crippen molar-refractivity contribution in [3.63, 3.8) is 0 Å². The third kappa shape index (κ3) is 4.63. The van der Waals surface area contributed by atoms with E-state index in [1.165, 1.54) is 0 Å². The Kier molecular flexibility index (Phi) is 5.57. The van der Waals surface area contributed by atoms with E-state index < -0.39 is 0 Å². The number of hydrogen-bond acceptors (Lipinski definition) is 2. The molecule has 0 aliphatic heterocycles. The molecule has 0 heterocycles. The van der Waals surface area contributed by atoms with Crippen molar-refractivity contribution >= 4 is 0 Å². The van der Waals surface area contributed by atoms with Crippen LogP contribution in [-0.4, -0.2) is 18.2 Å². The Labute approximate surface area is 82.8 Å². The molecule has 2 heteroatoms. The molecule has 0 spiro atoms. The Morgan fingerprint density at radius 2 is 1.85 bits per heavy atom. The molecule has 0 aliphatic carbocycles. The van der Waals surface area contributed by atoms with Gasteiger partial charge in [0.2, 0.25) is 0 Å². The Morgan fingerprint density at radius 1 is 1.31 bits per heavy atom. The van der Waals surface area contributed by atoms with Crippen LogP contribution in [0.5, 0.6) is 0 Å². The lowest BCUT2D eigenvalue weighted by Crippen LogP contribution is -2.44. The fraction of sp³-hybridized carbons (Fsp3) is 1.00. The molecule has 0 rings (SSSR count). The van der Waals surface area contributed by atoms with Crippen molar-refractivity contribution in [2.75, 3.05) is 6.61 Å². The second kappa shape index (κ2) is 5.61. The number of nitrogens with two attached hydrogens (primary N) is 1. The molecule has 0 aromatic heterocycles. The summed E-state index contributed by atoms with van der Waals surface area (Å²) >= 11 is 0. The van der Waals surface area contributed by atoms with Crippen LogP contribution < -0.4 is 5.73 Å². The highest BCUT2D eigenvalue weighted by Gasteiger charge is 2.24. The van der Waals surface area contributed by atoms with Crippen LogP contribution in [0.4, 0.5) is 0 Å². The molecule has 3 atom stereocenters. The molecule has 0 aromatic carbocycles. The molecule has 0 radical (unpaired) electrons. The van der Waals surface area contributed by atoms with Crippen molar-refractivity contribution in [3.8, 4) is 0 Å². The van der Waals surface area contributed by atoms with Gasteiger partial charge in [0.05, 0.1) is 12.7 Å². The summed E-state index contributed by atoms with van der Waals surface area (Å²) < 4.78 is 5.66. The minimum absolute atomic E-state index is 0.0898. The molecular weight excluding hydrogens is 162 g/mol. The van der Waals surface area contributed by atoms with Gasteiger partial charge in [0, 0.05) is 5.54 Å². The van der Waals surface area contributed by atoms with Gasteiger partial charge in [0.1, 0.15) is 0 Å². The highest BCUT2D eigenvalue weighted by atomic mass is 16.5. The van der Waals surface area contributed by atoms with Gasteiger partial charge < -0.3 is 10.5 Å². The molecule has 2 nitrogen and oxygen atoms in total. The summed E-state index contributed by atoms with van der Waals surface area (Å²) in [5.41, 5.74) is 6.02. The van der Waals surface area contributed by atoms with Gasteiger partial charge in [-0.1, -0.05) is 20.8 Å². The van der Waals surface area contributed by atoms with Crippen LogP contribution in [0.3, 0.4) is 0 Å². The maximum Gasteiger partial charge on any atom is 0.0544 e. The predicted octanol–water partition coefficient (Wildman–Crippen LogP) is 2.57. The van der Waals surface area contributed by atoms with Gasteiger partial charge in [-0.3, -0.25) is 0 Å². The summed E-state index contributed by atoms with van der Waals surface area (Å²) in [4.78, 5) is 0. The van der Waals surface area contributed by atoms with Gasteiger partial charge in [0.15, 0.2) is 0 Å². The van der Waals surface area contributed by atoms with Crippen molar-refractivity contribution in [2.45, 2.75) is 59.1 Å². The van der Waals surface area contributed by atoms with Crippen LogP contribution in [0.1, 0.15) is 47.5 Å². The Hall–Kier alpha value is -0.0800. The van der Waals surface area contributed by atoms with Crippen molar-refractivity contribution in [1.82, 2.24) is 0 Å². The highest BCUT2D eigenvalue weighted by molar-refractivity contribution is 4.82. The molecule has 0 aliphatic rings. The Balaban J connectivity index is 3.80. The van der Waals surface area contributed by atoms with Crippen LogP contribution in [0.25, 0.3) is 0 Å². The zero-order valence-electron chi connectivity index (χ0n) is 9.76. The first-order chi connectivity index (χ1) is 5.94. The fourth-order valence-electron chi connectivity index (χ4n) is 0.965. The van der Waals surface area contributed by atoms with E-state index in [4.69, 9.17) is 10.5 Å². The summed E-state index contributed by atoms with van der Waals surface area (Å²) in [7, 11) is 0. The lowest BCUT2D eigenvalue weighted by atomic mass is 9.86. The molecule has 0 saturated heterocycles. The molecular formula is C11H25NO. The molecule has 80 valence electrons. The largest absolute Gasteiger partial charge is 0.378 e. The van der Waals surface area contributed by atoms with E-state index in [1.807, 2.05) is 0 Å². The van der Waals surface area contributed by atoms with E-state index in [9.17, 15) is 0 Å². The molecule has 0 saturated carbocycles. The van der Waals surface area contributed by atoms with E-state index in [0.717, 1.165) is 19.4 Å². The quantitative estimate of drug-likeness (QED) is 0.693. The molecule has 0 aromatic rings. The third-order valence-corrected chi connectivity index (χ3v) is 3.09. The monoisotopic (exact) mass is 187 g/mol. The van der Waals surface area contributed by atoms with Gasteiger partial charge in [-0.05, 0) is 32.6 Å². The molecule has 3 unspecified atom stereocenters. The average Bonchev–Trinajstić information content (AvgIpc) is 2.13. The summed E-state index contributed by atoms with van der Waals surface area (Å²) in [6.07, 6.45) is 2.42. The molecule has 2 N–H and O–H groups in total. The van der Waals surface area contributed by atoms with Crippen molar-refractivity contribution < 1.29 is 4.74 Å². The first-order valence-corrected chi connectivity index (χ1v) is 5.34. The molecule has 0 amide bonds. The summed E-state index contributed by atoms with van der Waals surface area (Å²) in [6, 6.07) is 0. The number of hydrogen-bond donors (Lipinski definition) is 1. The van der Waals surface area contributed by atoms with Gasteiger partial charge in [-0.15, -0.1) is 0 Å². The van der Waals surface area contributed by atoms with Gasteiger partial charge in [-0.2, -0.15) is 0 Å². The zero-order chi connectivity index (χ0) is 10.5.